The fourth-order valence-electron chi connectivity index (χ4n) is 2.41. The molecule has 26 heavy (non-hydrogen) atoms. The van der Waals surface area contributed by atoms with Gasteiger partial charge in [0.25, 0.3) is 0 Å². The molecule has 0 radical (unpaired) electrons. The van der Waals surface area contributed by atoms with E-state index in [4.69, 9.17) is 14.6 Å². The third kappa shape index (κ3) is 8.74. The van der Waals surface area contributed by atoms with E-state index < -0.39 is 11.6 Å². The lowest BCUT2D eigenvalue weighted by atomic mass is 9.97. The summed E-state index contributed by atoms with van der Waals surface area (Å²) in [5.41, 5.74) is -0.499. The van der Waals surface area contributed by atoms with E-state index in [1.165, 1.54) is 0 Å². The van der Waals surface area contributed by atoms with Crippen LogP contribution >= 0.6 is 0 Å². The summed E-state index contributed by atoms with van der Waals surface area (Å²) in [4.78, 5) is 23.9. The number of ether oxygens (including phenoxy) is 2. The van der Waals surface area contributed by atoms with E-state index in [-0.39, 0.29) is 18.1 Å². The van der Waals surface area contributed by atoms with Crippen LogP contribution in [0.5, 0.6) is 5.75 Å². The highest BCUT2D eigenvalue weighted by atomic mass is 16.6. The van der Waals surface area contributed by atoms with E-state index >= 15 is 0 Å². The van der Waals surface area contributed by atoms with Gasteiger partial charge in [-0.3, -0.25) is 4.79 Å². The molecule has 1 fully saturated rings. The van der Waals surface area contributed by atoms with E-state index in [0.29, 0.717) is 25.9 Å². The summed E-state index contributed by atoms with van der Waals surface area (Å²) >= 11 is 0. The quantitative estimate of drug-likeness (QED) is 0.869. The van der Waals surface area contributed by atoms with Crippen LogP contribution in [-0.2, 0) is 9.53 Å². The molecular weight excluding hydrogens is 334 g/mol. The lowest BCUT2D eigenvalue weighted by molar-refractivity contribution is -0.143. The second kappa shape index (κ2) is 10.0. The first kappa shape index (κ1) is 21.8. The molecular formula is C20H31NO5. The Balaban J connectivity index is 0.000000289. The van der Waals surface area contributed by atoms with E-state index in [2.05, 4.69) is 0 Å². The summed E-state index contributed by atoms with van der Waals surface area (Å²) in [5.74, 6) is -0.153. The summed E-state index contributed by atoms with van der Waals surface area (Å²) < 4.78 is 10.6. The number of carboxylic acids is 1. The maximum Gasteiger partial charge on any atom is 0.410 e. The fourth-order valence-corrected chi connectivity index (χ4v) is 2.41. The Bertz CT molecular complexity index is 557. The predicted octanol–water partition coefficient (Wildman–Crippen LogP) is 4.19. The van der Waals surface area contributed by atoms with E-state index in [1.807, 2.05) is 65.0 Å². The summed E-state index contributed by atoms with van der Waals surface area (Å²) in [6.07, 6.45) is 0.933. The number of amides is 1. The van der Waals surface area contributed by atoms with Crippen molar-refractivity contribution >= 4 is 12.1 Å². The number of aliphatic carboxylic acids is 1. The number of benzene rings is 1. The van der Waals surface area contributed by atoms with E-state index in [0.717, 1.165) is 5.75 Å². The molecule has 0 spiro atoms. The normalized spacial score (nSPS) is 15.1. The molecule has 0 saturated carbocycles. The molecule has 1 saturated heterocycles. The number of piperidine rings is 1. The van der Waals surface area contributed by atoms with Crippen molar-refractivity contribution in [1.29, 1.82) is 0 Å². The molecule has 0 unspecified atom stereocenters. The average molecular weight is 365 g/mol. The maximum absolute atomic E-state index is 11.6. The third-order valence-electron chi connectivity index (χ3n) is 3.61. The SMILES string of the molecule is CC(C)(C)OC(=O)N1CCC(C(=O)O)CC1.CC(C)Oc1ccccc1. The Labute approximate surface area is 156 Å². The van der Waals surface area contributed by atoms with Crippen molar-refractivity contribution in [3.8, 4) is 5.75 Å². The van der Waals surface area contributed by atoms with Crippen LogP contribution in [0.15, 0.2) is 30.3 Å². The van der Waals surface area contributed by atoms with Crippen molar-refractivity contribution in [2.45, 2.75) is 59.2 Å². The second-order valence-corrected chi connectivity index (χ2v) is 7.56. The standard InChI is InChI=1S/C11H19NO4.C9H12O/c1-11(2,3)16-10(15)12-6-4-8(5-7-12)9(13)14;1-8(2)10-9-6-4-3-5-7-9/h8H,4-7H2,1-3H3,(H,13,14);3-8H,1-2H3. The van der Waals surface area contributed by atoms with E-state index in [9.17, 15) is 9.59 Å². The molecule has 1 heterocycles. The molecule has 0 atom stereocenters. The molecule has 1 aromatic carbocycles. The molecule has 1 aliphatic heterocycles. The molecule has 6 heteroatoms. The summed E-state index contributed by atoms with van der Waals surface area (Å²) in [6, 6.07) is 9.84. The topological polar surface area (TPSA) is 76.1 Å². The summed E-state index contributed by atoms with van der Waals surface area (Å²) in [5, 5.41) is 8.81. The molecule has 6 nitrogen and oxygen atoms in total. The van der Waals surface area contributed by atoms with Gasteiger partial charge in [0.2, 0.25) is 0 Å². The van der Waals surface area contributed by atoms with Crippen molar-refractivity contribution in [2.75, 3.05) is 13.1 Å². The van der Waals surface area contributed by atoms with Gasteiger partial charge in [0, 0.05) is 13.1 Å². The largest absolute Gasteiger partial charge is 0.491 e. The third-order valence-corrected chi connectivity index (χ3v) is 3.61. The first-order valence-corrected chi connectivity index (χ1v) is 9.01. The summed E-state index contributed by atoms with van der Waals surface area (Å²) in [6.45, 7) is 10.4. The molecule has 1 aromatic rings. The minimum absolute atomic E-state index is 0.266. The van der Waals surface area contributed by atoms with Crippen LogP contribution in [0, 0.1) is 5.92 Å². The molecule has 1 amide bonds. The monoisotopic (exact) mass is 365 g/mol. The van der Waals surface area contributed by atoms with Gasteiger partial charge in [0.05, 0.1) is 12.0 Å². The Morgan fingerprint density at radius 2 is 1.65 bits per heavy atom. The van der Waals surface area contributed by atoms with Gasteiger partial charge in [-0.1, -0.05) is 18.2 Å². The lowest BCUT2D eigenvalue weighted by Gasteiger charge is -2.32. The summed E-state index contributed by atoms with van der Waals surface area (Å²) in [7, 11) is 0. The Kier molecular flexibility index (Phi) is 8.42. The number of para-hydroxylation sites is 1. The van der Waals surface area contributed by atoms with Crippen LogP contribution in [0.25, 0.3) is 0 Å². The Morgan fingerprint density at radius 3 is 2.08 bits per heavy atom. The molecule has 1 aliphatic rings. The molecule has 146 valence electrons. The Morgan fingerprint density at radius 1 is 1.12 bits per heavy atom. The molecule has 0 bridgehead atoms. The van der Waals surface area contributed by atoms with Gasteiger partial charge < -0.3 is 19.5 Å². The molecule has 0 aromatic heterocycles. The number of nitrogens with zero attached hydrogens (tertiary/aromatic N) is 1. The van der Waals surface area contributed by atoms with Gasteiger partial charge in [0.1, 0.15) is 11.4 Å². The van der Waals surface area contributed by atoms with Crippen molar-refractivity contribution < 1.29 is 24.2 Å². The number of carbonyl (C=O) groups is 2. The predicted molar refractivity (Wildman–Crippen MR) is 100 cm³/mol. The zero-order chi connectivity index (χ0) is 19.7. The van der Waals surface area contributed by atoms with Crippen molar-refractivity contribution in [3.05, 3.63) is 30.3 Å². The van der Waals surface area contributed by atoms with Crippen LogP contribution in [-0.4, -0.2) is 46.9 Å². The number of carboxylic acid groups (broad SMARTS) is 1. The highest BCUT2D eigenvalue weighted by Gasteiger charge is 2.29. The first-order valence-electron chi connectivity index (χ1n) is 9.01. The number of carbonyl (C=O) groups excluding carboxylic acids is 1. The second-order valence-electron chi connectivity index (χ2n) is 7.56. The van der Waals surface area contributed by atoms with Crippen LogP contribution in [0.3, 0.4) is 0 Å². The van der Waals surface area contributed by atoms with Crippen LogP contribution in [0.4, 0.5) is 4.79 Å². The van der Waals surface area contributed by atoms with Crippen LogP contribution < -0.4 is 4.74 Å². The minimum Gasteiger partial charge on any atom is -0.491 e. The highest BCUT2D eigenvalue weighted by molar-refractivity contribution is 5.71. The maximum atomic E-state index is 11.6. The zero-order valence-corrected chi connectivity index (χ0v) is 16.4. The van der Waals surface area contributed by atoms with Crippen molar-refractivity contribution in [2.24, 2.45) is 5.92 Å². The number of rotatable bonds is 3. The molecule has 0 aliphatic carbocycles. The van der Waals surface area contributed by atoms with Crippen LogP contribution in [0.2, 0.25) is 0 Å². The smallest absolute Gasteiger partial charge is 0.410 e. The number of likely N-dealkylation sites (tertiary alicyclic amines) is 1. The van der Waals surface area contributed by atoms with Crippen molar-refractivity contribution in [3.63, 3.8) is 0 Å². The van der Waals surface area contributed by atoms with E-state index in [1.54, 1.807) is 4.90 Å². The minimum atomic E-state index is -0.774. The number of hydrogen-bond donors (Lipinski definition) is 1. The van der Waals surface area contributed by atoms with Crippen molar-refractivity contribution in [1.82, 2.24) is 4.90 Å². The zero-order valence-electron chi connectivity index (χ0n) is 16.4. The van der Waals surface area contributed by atoms with Gasteiger partial charge in [-0.2, -0.15) is 0 Å². The molecule has 1 N–H and O–H groups in total. The lowest BCUT2D eigenvalue weighted by Crippen LogP contribution is -2.42. The van der Waals surface area contributed by atoms with Crippen LogP contribution in [0.1, 0.15) is 47.5 Å². The van der Waals surface area contributed by atoms with Gasteiger partial charge >= 0.3 is 12.1 Å². The molecule has 2 rings (SSSR count). The van der Waals surface area contributed by atoms with Gasteiger partial charge in [0.15, 0.2) is 0 Å². The average Bonchev–Trinajstić information content (AvgIpc) is 2.54. The van der Waals surface area contributed by atoms with Gasteiger partial charge in [-0.25, -0.2) is 4.79 Å². The van der Waals surface area contributed by atoms with Gasteiger partial charge in [-0.05, 0) is 59.6 Å². The first-order chi connectivity index (χ1) is 12.1. The van der Waals surface area contributed by atoms with Gasteiger partial charge in [-0.15, -0.1) is 0 Å². The fraction of sp³-hybridized carbons (Fsp3) is 0.600. The highest BCUT2D eigenvalue weighted by Crippen LogP contribution is 2.19. The Hall–Kier alpha value is -2.24. The number of hydrogen-bond acceptors (Lipinski definition) is 4.